The van der Waals surface area contributed by atoms with Gasteiger partial charge in [-0.2, -0.15) is 0 Å². The van der Waals surface area contributed by atoms with Crippen LogP contribution in [0.1, 0.15) is 50.4 Å². The van der Waals surface area contributed by atoms with Crippen LogP contribution in [-0.4, -0.2) is 22.3 Å². The number of phenols is 2. The van der Waals surface area contributed by atoms with Crippen LogP contribution >= 0.6 is 0 Å². The van der Waals surface area contributed by atoms with E-state index in [0.717, 1.165) is 12.8 Å². The third kappa shape index (κ3) is 1.92. The molecule has 2 aliphatic carbocycles. The van der Waals surface area contributed by atoms with Gasteiger partial charge in [0.2, 0.25) is 0 Å². The number of ether oxygens (including phenoxy) is 1. The van der Waals surface area contributed by atoms with Gasteiger partial charge in [-0.05, 0) is 48.8 Å². The molecule has 0 aliphatic heterocycles. The third-order valence-electron chi connectivity index (χ3n) is 6.17. The molecule has 2 N–H and O–H groups in total. The molecule has 0 amide bonds. The van der Waals surface area contributed by atoms with Gasteiger partial charge in [-0.25, -0.2) is 4.79 Å². The van der Waals surface area contributed by atoms with E-state index in [2.05, 4.69) is 20.8 Å². The molecule has 1 aromatic carbocycles. The Balaban J connectivity index is 1.79. The van der Waals surface area contributed by atoms with Crippen LogP contribution in [-0.2, 0) is 4.74 Å². The van der Waals surface area contributed by atoms with Crippen LogP contribution < -0.4 is 0 Å². The van der Waals surface area contributed by atoms with E-state index in [1.165, 1.54) is 24.6 Å². The molecule has 3 rings (SSSR count). The van der Waals surface area contributed by atoms with Gasteiger partial charge in [-0.3, -0.25) is 0 Å². The van der Waals surface area contributed by atoms with Crippen molar-refractivity contribution in [3.8, 4) is 11.5 Å². The summed E-state index contributed by atoms with van der Waals surface area (Å²) in [5, 5.41) is 18.8. The standard InChI is InChI=1S/C17H22O4/c1-16(2)11-6-7-17(16,3)14(9-11)21-15(20)10-4-5-12(18)13(19)8-10/h4-5,8,11,14,18-19H,6-7,9H2,1-3H3. The Kier molecular flexibility index (Phi) is 2.98. The van der Waals surface area contributed by atoms with Crippen molar-refractivity contribution in [1.29, 1.82) is 0 Å². The van der Waals surface area contributed by atoms with Crippen molar-refractivity contribution in [3.63, 3.8) is 0 Å². The highest BCUT2D eigenvalue weighted by atomic mass is 16.5. The molecule has 4 nitrogen and oxygen atoms in total. The molecule has 114 valence electrons. The van der Waals surface area contributed by atoms with Crippen molar-refractivity contribution >= 4 is 5.97 Å². The minimum atomic E-state index is -0.431. The maximum Gasteiger partial charge on any atom is 0.338 e. The SMILES string of the molecule is CC1(C)C2CCC1(C)C(OC(=O)c1ccc(O)c(O)c1)C2. The average molecular weight is 290 g/mol. The van der Waals surface area contributed by atoms with Crippen LogP contribution in [0.25, 0.3) is 0 Å². The zero-order valence-electron chi connectivity index (χ0n) is 12.7. The van der Waals surface area contributed by atoms with Crippen LogP contribution in [0.3, 0.4) is 0 Å². The van der Waals surface area contributed by atoms with Gasteiger partial charge in [-0.1, -0.05) is 20.8 Å². The second-order valence-corrected chi connectivity index (χ2v) is 7.21. The first kappa shape index (κ1) is 14.2. The van der Waals surface area contributed by atoms with E-state index in [1.54, 1.807) is 0 Å². The Labute approximate surface area is 124 Å². The van der Waals surface area contributed by atoms with E-state index >= 15 is 0 Å². The summed E-state index contributed by atoms with van der Waals surface area (Å²) in [6.45, 7) is 6.75. The summed E-state index contributed by atoms with van der Waals surface area (Å²) >= 11 is 0. The number of benzene rings is 1. The van der Waals surface area contributed by atoms with Crippen molar-refractivity contribution in [2.24, 2.45) is 16.7 Å². The predicted molar refractivity (Wildman–Crippen MR) is 78.2 cm³/mol. The maximum absolute atomic E-state index is 12.3. The lowest BCUT2D eigenvalue weighted by atomic mass is 9.70. The zero-order chi connectivity index (χ0) is 15.4. The topological polar surface area (TPSA) is 66.8 Å². The van der Waals surface area contributed by atoms with Crippen molar-refractivity contribution in [2.45, 2.75) is 46.1 Å². The van der Waals surface area contributed by atoms with Crippen molar-refractivity contribution in [2.75, 3.05) is 0 Å². The van der Waals surface area contributed by atoms with E-state index < -0.39 is 5.97 Å². The fourth-order valence-electron chi connectivity index (χ4n) is 4.16. The third-order valence-corrected chi connectivity index (χ3v) is 6.17. The van der Waals surface area contributed by atoms with Crippen LogP contribution in [0.4, 0.5) is 0 Å². The smallest absolute Gasteiger partial charge is 0.338 e. The molecule has 2 fully saturated rings. The molecule has 1 aromatic rings. The molecule has 2 aliphatic rings. The van der Waals surface area contributed by atoms with Crippen molar-refractivity contribution in [3.05, 3.63) is 23.8 Å². The van der Waals surface area contributed by atoms with Gasteiger partial charge in [-0.15, -0.1) is 0 Å². The van der Waals surface area contributed by atoms with Crippen LogP contribution in [0, 0.1) is 16.7 Å². The molecule has 0 aromatic heterocycles. The second-order valence-electron chi connectivity index (χ2n) is 7.21. The summed E-state index contributed by atoms with van der Waals surface area (Å²) in [5.74, 6) is -0.364. The molecule has 2 bridgehead atoms. The van der Waals surface area contributed by atoms with E-state index in [0.29, 0.717) is 5.92 Å². The van der Waals surface area contributed by atoms with Gasteiger partial charge in [0.05, 0.1) is 5.56 Å². The first-order valence-corrected chi connectivity index (χ1v) is 7.48. The number of carbonyl (C=O) groups excluding carboxylic acids is 1. The number of esters is 1. The summed E-state index contributed by atoms with van der Waals surface area (Å²) in [6.07, 6.45) is 3.13. The van der Waals surface area contributed by atoms with Crippen molar-refractivity contribution < 1.29 is 19.7 Å². The van der Waals surface area contributed by atoms with E-state index in [4.69, 9.17) is 4.74 Å². The molecular formula is C17H22O4. The summed E-state index contributed by atoms with van der Waals surface area (Å²) in [6, 6.07) is 4.02. The number of carbonyl (C=O) groups is 1. The lowest BCUT2D eigenvalue weighted by Gasteiger charge is -2.38. The van der Waals surface area contributed by atoms with Gasteiger partial charge in [0, 0.05) is 5.41 Å². The second kappa shape index (κ2) is 4.39. The predicted octanol–water partition coefficient (Wildman–Crippen LogP) is 3.47. The summed E-state index contributed by atoms with van der Waals surface area (Å²) in [4.78, 5) is 12.3. The average Bonchev–Trinajstić information content (AvgIpc) is 2.75. The quantitative estimate of drug-likeness (QED) is 0.646. The maximum atomic E-state index is 12.3. The lowest BCUT2D eigenvalue weighted by Crippen LogP contribution is -2.38. The van der Waals surface area contributed by atoms with Gasteiger partial charge in [0.1, 0.15) is 6.10 Å². The van der Waals surface area contributed by atoms with E-state index in [-0.39, 0.29) is 34.0 Å². The molecule has 0 radical (unpaired) electrons. The molecular weight excluding hydrogens is 268 g/mol. The van der Waals surface area contributed by atoms with Gasteiger partial charge in [0.25, 0.3) is 0 Å². The Morgan fingerprint density at radius 3 is 2.48 bits per heavy atom. The molecule has 2 saturated carbocycles. The minimum Gasteiger partial charge on any atom is -0.504 e. The van der Waals surface area contributed by atoms with Gasteiger partial charge < -0.3 is 14.9 Å². The zero-order valence-corrected chi connectivity index (χ0v) is 12.7. The Morgan fingerprint density at radius 1 is 1.24 bits per heavy atom. The molecule has 0 spiro atoms. The summed E-state index contributed by atoms with van der Waals surface area (Å²) < 4.78 is 5.73. The molecule has 4 heteroatoms. The van der Waals surface area contributed by atoms with Gasteiger partial charge in [0.15, 0.2) is 11.5 Å². The summed E-state index contributed by atoms with van der Waals surface area (Å²) in [7, 11) is 0. The number of fused-ring (bicyclic) bond motifs is 2. The number of hydrogen-bond donors (Lipinski definition) is 2. The highest BCUT2D eigenvalue weighted by Crippen LogP contribution is 2.66. The van der Waals surface area contributed by atoms with Crippen LogP contribution in [0.15, 0.2) is 18.2 Å². The fourth-order valence-corrected chi connectivity index (χ4v) is 4.16. The van der Waals surface area contributed by atoms with Crippen LogP contribution in [0.5, 0.6) is 11.5 Å². The number of rotatable bonds is 2. The molecule has 3 unspecified atom stereocenters. The fraction of sp³-hybridized carbons (Fsp3) is 0.588. The molecule has 21 heavy (non-hydrogen) atoms. The van der Waals surface area contributed by atoms with E-state index in [1.807, 2.05) is 0 Å². The Hall–Kier alpha value is -1.71. The monoisotopic (exact) mass is 290 g/mol. The molecule has 3 atom stereocenters. The minimum absolute atomic E-state index is 0.0201. The normalized spacial score (nSPS) is 33.1. The number of hydrogen-bond acceptors (Lipinski definition) is 4. The highest BCUT2D eigenvalue weighted by Gasteiger charge is 2.62. The largest absolute Gasteiger partial charge is 0.504 e. The Morgan fingerprint density at radius 2 is 1.95 bits per heavy atom. The molecule has 0 heterocycles. The van der Waals surface area contributed by atoms with E-state index in [9.17, 15) is 15.0 Å². The first-order valence-electron chi connectivity index (χ1n) is 7.48. The van der Waals surface area contributed by atoms with Crippen LogP contribution in [0.2, 0.25) is 0 Å². The molecule has 0 saturated heterocycles. The first-order chi connectivity index (χ1) is 9.75. The number of aromatic hydroxyl groups is 2. The van der Waals surface area contributed by atoms with Gasteiger partial charge >= 0.3 is 5.97 Å². The lowest BCUT2D eigenvalue weighted by molar-refractivity contribution is -0.0242. The number of phenolic OH excluding ortho intramolecular Hbond substituents is 2. The van der Waals surface area contributed by atoms with Crippen molar-refractivity contribution in [1.82, 2.24) is 0 Å². The summed E-state index contributed by atoms with van der Waals surface area (Å²) in [5.41, 5.74) is 0.482. The Bertz CT molecular complexity index is 592. The highest BCUT2D eigenvalue weighted by molar-refractivity contribution is 5.90.